The number of hydrogen-bond acceptors (Lipinski definition) is 2. The molecule has 102 valence electrons. The van der Waals surface area contributed by atoms with Gasteiger partial charge in [0.05, 0.1) is 0 Å². The average Bonchev–Trinajstić information content (AvgIpc) is 3.13. The summed E-state index contributed by atoms with van der Waals surface area (Å²) in [5.41, 5.74) is 2.71. The van der Waals surface area contributed by atoms with E-state index in [4.69, 9.17) is 0 Å². The Morgan fingerprint density at radius 2 is 1.95 bits per heavy atom. The van der Waals surface area contributed by atoms with E-state index >= 15 is 0 Å². The van der Waals surface area contributed by atoms with Crippen molar-refractivity contribution >= 4 is 11.9 Å². The van der Waals surface area contributed by atoms with E-state index in [-0.39, 0.29) is 11.9 Å². The zero-order valence-corrected chi connectivity index (χ0v) is 11.5. The van der Waals surface area contributed by atoms with Crippen LogP contribution in [0.15, 0.2) is 18.2 Å². The van der Waals surface area contributed by atoms with Crippen LogP contribution in [0.1, 0.15) is 42.5 Å². The number of rotatable bonds is 4. The summed E-state index contributed by atoms with van der Waals surface area (Å²) in [6.45, 7) is 5.30. The molecule has 0 aliphatic heterocycles. The van der Waals surface area contributed by atoms with Crippen LogP contribution >= 0.6 is 0 Å². The molecule has 1 saturated carbocycles. The number of hydrogen-bond donors (Lipinski definition) is 1. The van der Waals surface area contributed by atoms with Crippen LogP contribution in [-0.4, -0.2) is 27.9 Å². The van der Waals surface area contributed by atoms with Gasteiger partial charge in [-0.2, -0.15) is 0 Å². The van der Waals surface area contributed by atoms with Crippen LogP contribution in [0.2, 0.25) is 0 Å². The summed E-state index contributed by atoms with van der Waals surface area (Å²) in [5.74, 6) is -1.13. The van der Waals surface area contributed by atoms with Crippen molar-refractivity contribution in [3.8, 4) is 0 Å². The normalized spacial score (nSPS) is 15.9. The average molecular weight is 261 g/mol. The first-order valence-electron chi connectivity index (χ1n) is 6.51. The Labute approximate surface area is 113 Å². The molecule has 2 rings (SSSR count). The fourth-order valence-electron chi connectivity index (χ4n) is 2.47. The molecule has 0 radical (unpaired) electrons. The monoisotopic (exact) mass is 261 g/mol. The van der Waals surface area contributed by atoms with Gasteiger partial charge >= 0.3 is 5.97 Å². The summed E-state index contributed by atoms with van der Waals surface area (Å²) in [4.78, 5) is 25.0. The highest BCUT2D eigenvalue weighted by atomic mass is 16.4. The zero-order valence-electron chi connectivity index (χ0n) is 11.5. The Bertz CT molecular complexity index is 520. The van der Waals surface area contributed by atoms with Crippen LogP contribution in [0.5, 0.6) is 0 Å². The molecule has 0 bridgehead atoms. The Kier molecular flexibility index (Phi) is 3.60. The van der Waals surface area contributed by atoms with Crippen molar-refractivity contribution in [1.29, 1.82) is 0 Å². The summed E-state index contributed by atoms with van der Waals surface area (Å²) in [6, 6.07) is 4.81. The predicted molar refractivity (Wildman–Crippen MR) is 71.8 cm³/mol. The largest absolute Gasteiger partial charge is 0.479 e. The smallest absolute Gasteiger partial charge is 0.331 e. The van der Waals surface area contributed by atoms with Gasteiger partial charge in [0.2, 0.25) is 5.91 Å². The Morgan fingerprint density at radius 1 is 1.32 bits per heavy atom. The summed E-state index contributed by atoms with van der Waals surface area (Å²) >= 11 is 0. The SMILES string of the molecule is CC(=O)N(C1CC1)C(C(=O)O)c1cccc(C)c1C. The van der Waals surface area contributed by atoms with Gasteiger partial charge in [-0.25, -0.2) is 4.79 Å². The molecule has 19 heavy (non-hydrogen) atoms. The van der Waals surface area contributed by atoms with Gasteiger partial charge in [0.25, 0.3) is 0 Å². The molecule has 1 unspecified atom stereocenters. The van der Waals surface area contributed by atoms with Crippen molar-refractivity contribution in [3.05, 3.63) is 34.9 Å². The Balaban J connectivity index is 2.47. The lowest BCUT2D eigenvalue weighted by Gasteiger charge is -2.29. The van der Waals surface area contributed by atoms with Crippen LogP contribution in [-0.2, 0) is 9.59 Å². The van der Waals surface area contributed by atoms with Crippen LogP contribution in [0.3, 0.4) is 0 Å². The molecule has 1 amide bonds. The topological polar surface area (TPSA) is 57.6 Å². The summed E-state index contributed by atoms with van der Waals surface area (Å²) < 4.78 is 0. The third-order valence-electron chi connectivity index (χ3n) is 3.76. The minimum atomic E-state index is -0.962. The molecule has 1 aliphatic carbocycles. The van der Waals surface area contributed by atoms with Gasteiger partial charge in [0.15, 0.2) is 6.04 Å². The number of aryl methyl sites for hydroxylation is 1. The number of nitrogens with zero attached hydrogens (tertiary/aromatic N) is 1. The highest BCUT2D eigenvalue weighted by molar-refractivity contribution is 5.84. The van der Waals surface area contributed by atoms with Crippen molar-refractivity contribution in [2.24, 2.45) is 0 Å². The first-order valence-corrected chi connectivity index (χ1v) is 6.51. The van der Waals surface area contributed by atoms with E-state index in [1.54, 1.807) is 6.07 Å². The lowest BCUT2D eigenvalue weighted by molar-refractivity contribution is -0.150. The van der Waals surface area contributed by atoms with Crippen LogP contribution in [0.25, 0.3) is 0 Å². The van der Waals surface area contributed by atoms with E-state index in [1.165, 1.54) is 11.8 Å². The van der Waals surface area contributed by atoms with Crippen molar-refractivity contribution < 1.29 is 14.7 Å². The summed E-state index contributed by atoms with van der Waals surface area (Å²) in [7, 11) is 0. The van der Waals surface area contributed by atoms with Crippen molar-refractivity contribution in [3.63, 3.8) is 0 Å². The second-order valence-corrected chi connectivity index (χ2v) is 5.19. The fourth-order valence-corrected chi connectivity index (χ4v) is 2.47. The van der Waals surface area contributed by atoms with Gasteiger partial charge in [0.1, 0.15) is 0 Å². The number of carbonyl (C=O) groups excluding carboxylic acids is 1. The van der Waals surface area contributed by atoms with Gasteiger partial charge in [-0.05, 0) is 43.4 Å². The van der Waals surface area contributed by atoms with Gasteiger partial charge in [-0.3, -0.25) is 4.79 Å². The molecule has 1 aliphatic rings. The fraction of sp³-hybridized carbons (Fsp3) is 0.467. The van der Waals surface area contributed by atoms with E-state index in [2.05, 4.69) is 0 Å². The van der Waals surface area contributed by atoms with Crippen LogP contribution in [0, 0.1) is 13.8 Å². The third-order valence-corrected chi connectivity index (χ3v) is 3.76. The minimum absolute atomic E-state index is 0.0820. The molecule has 0 aromatic heterocycles. The lowest BCUT2D eigenvalue weighted by Crippen LogP contribution is -2.39. The number of aliphatic carboxylic acids is 1. The van der Waals surface area contributed by atoms with E-state index < -0.39 is 12.0 Å². The molecular weight excluding hydrogens is 242 g/mol. The van der Waals surface area contributed by atoms with Crippen molar-refractivity contribution in [2.45, 2.75) is 45.7 Å². The molecule has 1 fully saturated rings. The molecule has 0 heterocycles. The molecular formula is C15H19NO3. The maximum atomic E-state index is 11.8. The zero-order chi connectivity index (χ0) is 14.2. The lowest BCUT2D eigenvalue weighted by atomic mass is 9.96. The van der Waals surface area contributed by atoms with Crippen LogP contribution < -0.4 is 0 Å². The molecule has 4 heteroatoms. The molecule has 1 aromatic carbocycles. The second-order valence-electron chi connectivity index (χ2n) is 5.19. The Hall–Kier alpha value is -1.84. The van der Waals surface area contributed by atoms with Crippen molar-refractivity contribution in [1.82, 2.24) is 4.90 Å². The number of benzene rings is 1. The molecule has 0 spiro atoms. The number of carbonyl (C=O) groups is 2. The van der Waals surface area contributed by atoms with Crippen LogP contribution in [0.4, 0.5) is 0 Å². The second kappa shape index (κ2) is 5.03. The Morgan fingerprint density at radius 3 is 2.42 bits per heavy atom. The highest BCUT2D eigenvalue weighted by Gasteiger charge is 2.40. The highest BCUT2D eigenvalue weighted by Crippen LogP contribution is 2.36. The molecule has 1 aromatic rings. The van der Waals surface area contributed by atoms with E-state index in [0.717, 1.165) is 29.5 Å². The van der Waals surface area contributed by atoms with Gasteiger partial charge in [0, 0.05) is 13.0 Å². The number of carboxylic acid groups (broad SMARTS) is 1. The number of carboxylic acids is 1. The summed E-state index contributed by atoms with van der Waals surface area (Å²) in [5, 5.41) is 9.54. The molecule has 1 N–H and O–H groups in total. The van der Waals surface area contributed by atoms with E-state index in [1.807, 2.05) is 26.0 Å². The summed E-state index contributed by atoms with van der Waals surface area (Å²) in [6.07, 6.45) is 1.79. The first kappa shape index (κ1) is 13.6. The van der Waals surface area contributed by atoms with Gasteiger partial charge in [-0.1, -0.05) is 18.2 Å². The maximum absolute atomic E-state index is 11.8. The number of amides is 1. The molecule has 4 nitrogen and oxygen atoms in total. The molecule has 0 saturated heterocycles. The predicted octanol–water partition coefficient (Wildman–Crippen LogP) is 2.44. The van der Waals surface area contributed by atoms with Gasteiger partial charge in [-0.15, -0.1) is 0 Å². The van der Waals surface area contributed by atoms with Crippen molar-refractivity contribution in [2.75, 3.05) is 0 Å². The van der Waals surface area contributed by atoms with Gasteiger partial charge < -0.3 is 10.0 Å². The van der Waals surface area contributed by atoms with E-state index in [0.29, 0.717) is 0 Å². The third kappa shape index (κ3) is 2.62. The first-order chi connectivity index (χ1) is 8.93. The minimum Gasteiger partial charge on any atom is -0.479 e. The molecule has 1 atom stereocenters. The maximum Gasteiger partial charge on any atom is 0.331 e. The van der Waals surface area contributed by atoms with E-state index in [9.17, 15) is 14.7 Å². The standard InChI is InChI=1S/C15H19NO3/c1-9-5-4-6-13(10(9)2)14(15(18)19)16(11(3)17)12-7-8-12/h4-6,12,14H,7-8H2,1-3H3,(H,18,19). The quantitative estimate of drug-likeness (QED) is 0.905.